The van der Waals surface area contributed by atoms with Crippen molar-refractivity contribution in [1.82, 2.24) is 0 Å². The van der Waals surface area contributed by atoms with E-state index in [1.54, 1.807) is 11.1 Å². The van der Waals surface area contributed by atoms with E-state index in [0.717, 1.165) is 29.6 Å². The molecule has 1 aromatic rings. The maximum atomic E-state index is 3.92. The molecule has 4 rings (SSSR count). The first-order valence-corrected chi connectivity index (χ1v) is 10.6. The van der Waals surface area contributed by atoms with Crippen molar-refractivity contribution < 1.29 is 0 Å². The van der Waals surface area contributed by atoms with Crippen LogP contribution in [0.15, 0.2) is 36.9 Å². The van der Waals surface area contributed by atoms with Gasteiger partial charge in [-0.3, -0.25) is 0 Å². The Balaban J connectivity index is 1.38. The Bertz CT molecular complexity index is 637. The lowest BCUT2D eigenvalue weighted by Crippen LogP contribution is -2.34. The Hall–Kier alpha value is -1.30. The van der Waals surface area contributed by atoms with E-state index in [1.807, 2.05) is 6.08 Å². The number of fused-ring (bicyclic) bond motifs is 2. The minimum Gasteiger partial charge on any atom is -0.0985 e. The number of rotatable bonds is 3. The minimum atomic E-state index is 0.878. The standard InChI is InChI=1S/C25H34/c1-3-5-19-7-9-23-17-25(13-11-21(23)15-19)24-12-10-20-14-18(4-2)6-8-22(20)16-24/h3-6,8,14,19,21,23-25H,2,7,9-13,15-17H2,1H3/t19-,21-,23-,24?,25?/m1/s1. The van der Waals surface area contributed by atoms with Gasteiger partial charge in [0.25, 0.3) is 0 Å². The average molecular weight is 335 g/mol. The van der Waals surface area contributed by atoms with E-state index in [2.05, 4.69) is 43.9 Å². The van der Waals surface area contributed by atoms with Crippen LogP contribution in [0.4, 0.5) is 0 Å². The fraction of sp³-hybridized carbons (Fsp3) is 0.600. The second-order valence-electron chi connectivity index (χ2n) is 8.93. The molecular formula is C25H34. The van der Waals surface area contributed by atoms with E-state index in [0.29, 0.717) is 0 Å². The topological polar surface area (TPSA) is 0 Å². The molecule has 0 bridgehead atoms. The summed E-state index contributed by atoms with van der Waals surface area (Å²) in [5.74, 6) is 4.87. The second-order valence-corrected chi connectivity index (χ2v) is 8.93. The van der Waals surface area contributed by atoms with Crippen LogP contribution in [0.3, 0.4) is 0 Å². The number of hydrogen-bond donors (Lipinski definition) is 0. The van der Waals surface area contributed by atoms with Crippen LogP contribution in [0, 0.1) is 29.6 Å². The van der Waals surface area contributed by atoms with Crippen LogP contribution in [-0.4, -0.2) is 0 Å². The van der Waals surface area contributed by atoms with Crippen molar-refractivity contribution in [2.75, 3.05) is 0 Å². The fourth-order valence-corrected chi connectivity index (χ4v) is 6.17. The maximum Gasteiger partial charge on any atom is -0.0231 e. The van der Waals surface area contributed by atoms with Gasteiger partial charge in [0.15, 0.2) is 0 Å². The fourth-order valence-electron chi connectivity index (χ4n) is 6.17. The van der Waals surface area contributed by atoms with Crippen molar-refractivity contribution in [1.29, 1.82) is 0 Å². The van der Waals surface area contributed by atoms with E-state index in [-0.39, 0.29) is 0 Å². The zero-order valence-corrected chi connectivity index (χ0v) is 15.9. The molecule has 0 radical (unpaired) electrons. The molecule has 5 atom stereocenters. The number of allylic oxidation sites excluding steroid dienone is 2. The van der Waals surface area contributed by atoms with Gasteiger partial charge in [-0.15, -0.1) is 0 Å². The van der Waals surface area contributed by atoms with Gasteiger partial charge in [0, 0.05) is 0 Å². The van der Waals surface area contributed by atoms with E-state index in [9.17, 15) is 0 Å². The molecular weight excluding hydrogens is 300 g/mol. The van der Waals surface area contributed by atoms with Gasteiger partial charge in [0.1, 0.15) is 0 Å². The Morgan fingerprint density at radius 2 is 1.64 bits per heavy atom. The van der Waals surface area contributed by atoms with Crippen LogP contribution in [0.1, 0.15) is 68.6 Å². The lowest BCUT2D eigenvalue weighted by Gasteiger charge is -2.44. The van der Waals surface area contributed by atoms with E-state index >= 15 is 0 Å². The van der Waals surface area contributed by atoms with E-state index in [1.165, 1.54) is 63.4 Å². The molecule has 0 nitrogen and oxygen atoms in total. The van der Waals surface area contributed by atoms with Crippen molar-refractivity contribution in [2.45, 2.75) is 64.7 Å². The van der Waals surface area contributed by atoms with Gasteiger partial charge in [-0.25, -0.2) is 0 Å². The van der Waals surface area contributed by atoms with Crippen molar-refractivity contribution in [2.24, 2.45) is 29.6 Å². The summed E-state index contributed by atoms with van der Waals surface area (Å²) in [5, 5.41) is 0. The Morgan fingerprint density at radius 1 is 0.880 bits per heavy atom. The predicted octanol–water partition coefficient (Wildman–Crippen LogP) is 6.84. The molecule has 0 heterocycles. The van der Waals surface area contributed by atoms with Crippen molar-refractivity contribution in [3.63, 3.8) is 0 Å². The summed E-state index contributed by atoms with van der Waals surface area (Å²) >= 11 is 0. The molecule has 1 aromatic carbocycles. The predicted molar refractivity (Wildman–Crippen MR) is 109 cm³/mol. The van der Waals surface area contributed by atoms with Crippen molar-refractivity contribution >= 4 is 6.08 Å². The maximum absolute atomic E-state index is 3.92. The van der Waals surface area contributed by atoms with Gasteiger partial charge in [0.05, 0.1) is 0 Å². The third kappa shape index (κ3) is 3.64. The summed E-state index contributed by atoms with van der Waals surface area (Å²) in [7, 11) is 0. The summed E-state index contributed by atoms with van der Waals surface area (Å²) in [4.78, 5) is 0. The van der Waals surface area contributed by atoms with E-state index in [4.69, 9.17) is 0 Å². The average Bonchev–Trinajstić information content (AvgIpc) is 2.67. The van der Waals surface area contributed by atoms with Gasteiger partial charge >= 0.3 is 0 Å². The first kappa shape index (κ1) is 17.1. The van der Waals surface area contributed by atoms with Crippen LogP contribution in [0.5, 0.6) is 0 Å². The summed E-state index contributed by atoms with van der Waals surface area (Å²) in [6.45, 7) is 6.10. The summed E-state index contributed by atoms with van der Waals surface area (Å²) < 4.78 is 0. The van der Waals surface area contributed by atoms with Gasteiger partial charge in [-0.05, 0) is 111 Å². The SMILES string of the molecule is C=Cc1ccc2c(c1)CCC(C1CC[C@@H]3C[C@H](C=CC)CC[C@@H]3C1)C2. The molecule has 0 amide bonds. The Kier molecular flexibility index (Phi) is 5.15. The van der Waals surface area contributed by atoms with Gasteiger partial charge in [-0.1, -0.05) is 43.0 Å². The molecule has 2 unspecified atom stereocenters. The quantitative estimate of drug-likeness (QED) is 0.531. The minimum absolute atomic E-state index is 0.878. The van der Waals surface area contributed by atoms with Gasteiger partial charge in [-0.2, -0.15) is 0 Å². The van der Waals surface area contributed by atoms with Gasteiger partial charge < -0.3 is 0 Å². The molecule has 0 aromatic heterocycles. The zero-order valence-electron chi connectivity index (χ0n) is 15.9. The number of benzene rings is 1. The molecule has 0 spiro atoms. The molecule has 25 heavy (non-hydrogen) atoms. The van der Waals surface area contributed by atoms with Crippen LogP contribution < -0.4 is 0 Å². The number of hydrogen-bond acceptors (Lipinski definition) is 0. The summed E-state index contributed by atoms with van der Waals surface area (Å²) in [6, 6.07) is 7.01. The molecule has 3 aliphatic carbocycles. The number of aryl methyl sites for hydroxylation is 1. The molecule has 3 aliphatic rings. The first-order valence-electron chi connectivity index (χ1n) is 10.6. The lowest BCUT2D eigenvalue weighted by atomic mass is 9.61. The molecule has 0 saturated heterocycles. The lowest BCUT2D eigenvalue weighted by molar-refractivity contribution is 0.0810. The molecule has 0 aliphatic heterocycles. The molecule has 2 fully saturated rings. The second kappa shape index (κ2) is 7.52. The Morgan fingerprint density at radius 3 is 2.44 bits per heavy atom. The van der Waals surface area contributed by atoms with Crippen LogP contribution >= 0.6 is 0 Å². The van der Waals surface area contributed by atoms with Crippen LogP contribution in [0.2, 0.25) is 0 Å². The highest BCUT2D eigenvalue weighted by Crippen LogP contribution is 2.48. The largest absolute Gasteiger partial charge is 0.0985 e. The summed E-state index contributed by atoms with van der Waals surface area (Å²) in [6.07, 6.45) is 19.7. The van der Waals surface area contributed by atoms with Crippen LogP contribution in [0.25, 0.3) is 6.08 Å². The highest BCUT2D eigenvalue weighted by Gasteiger charge is 2.38. The molecule has 0 heteroatoms. The zero-order chi connectivity index (χ0) is 17.2. The van der Waals surface area contributed by atoms with Crippen molar-refractivity contribution in [3.05, 3.63) is 53.6 Å². The van der Waals surface area contributed by atoms with E-state index < -0.39 is 0 Å². The molecule has 134 valence electrons. The summed E-state index contributed by atoms with van der Waals surface area (Å²) in [5.41, 5.74) is 4.51. The molecule has 2 saturated carbocycles. The Labute approximate surface area is 154 Å². The van der Waals surface area contributed by atoms with Gasteiger partial charge in [0.2, 0.25) is 0 Å². The highest BCUT2D eigenvalue weighted by molar-refractivity contribution is 5.50. The monoisotopic (exact) mass is 334 g/mol. The molecule has 0 N–H and O–H groups in total. The third-order valence-electron chi connectivity index (χ3n) is 7.56. The first-order chi connectivity index (χ1) is 12.3. The van der Waals surface area contributed by atoms with Crippen molar-refractivity contribution in [3.8, 4) is 0 Å². The normalized spacial score (nSPS) is 35.2. The smallest absolute Gasteiger partial charge is 0.0231 e. The highest BCUT2D eigenvalue weighted by atomic mass is 14.4. The van der Waals surface area contributed by atoms with Crippen LogP contribution in [-0.2, 0) is 12.8 Å². The third-order valence-corrected chi connectivity index (χ3v) is 7.56.